The number of aromatic nitrogens is 2. The lowest BCUT2D eigenvalue weighted by Gasteiger charge is -2.12. The lowest BCUT2D eigenvalue weighted by molar-refractivity contribution is 0.111. The minimum absolute atomic E-state index is 0.234. The molecule has 0 saturated heterocycles. The summed E-state index contributed by atoms with van der Waals surface area (Å²) in [5, 5.41) is -0.234. The van der Waals surface area contributed by atoms with E-state index in [1.807, 2.05) is 25.6 Å². The smallest absolute Gasteiger partial charge is 0.127 e. The number of likely N-dealkylation sites (N-methyl/N-ethyl adjacent to an activating group) is 1. The van der Waals surface area contributed by atoms with Gasteiger partial charge < -0.3 is 14.2 Å². The summed E-state index contributed by atoms with van der Waals surface area (Å²) < 4.78 is 20.9. The van der Waals surface area contributed by atoms with Gasteiger partial charge in [-0.25, -0.2) is 9.37 Å². The van der Waals surface area contributed by atoms with Gasteiger partial charge in [-0.05, 0) is 33.2 Å². The summed E-state index contributed by atoms with van der Waals surface area (Å²) in [6.07, 6.45) is 0. The summed E-state index contributed by atoms with van der Waals surface area (Å²) in [5.74, 6) is 0.455. The van der Waals surface area contributed by atoms with Crippen molar-refractivity contribution >= 4 is 22.6 Å². The molecule has 1 atom stereocenters. The standard InChI is InChI=1S/C15H21ClFN3O/c1-11(16)15-18-13-10-12(17)4-5-14(13)20(15)7-9-21-8-6-19(2)3/h4-5,10-11H,6-9H2,1-3H3. The van der Waals surface area contributed by atoms with E-state index in [1.54, 1.807) is 6.07 Å². The van der Waals surface area contributed by atoms with E-state index in [9.17, 15) is 4.39 Å². The van der Waals surface area contributed by atoms with Crippen molar-refractivity contribution in [1.82, 2.24) is 14.5 Å². The molecule has 0 spiro atoms. The van der Waals surface area contributed by atoms with Gasteiger partial charge in [-0.2, -0.15) is 0 Å². The average Bonchev–Trinajstić information content (AvgIpc) is 2.76. The molecule has 21 heavy (non-hydrogen) atoms. The Hall–Kier alpha value is -1.17. The molecule has 0 fully saturated rings. The molecule has 1 aromatic carbocycles. The first kappa shape index (κ1) is 16.2. The van der Waals surface area contributed by atoms with Crippen LogP contribution in [0.3, 0.4) is 0 Å². The highest BCUT2D eigenvalue weighted by molar-refractivity contribution is 6.20. The second kappa shape index (κ2) is 7.20. The maximum Gasteiger partial charge on any atom is 0.127 e. The first-order chi connectivity index (χ1) is 9.99. The van der Waals surface area contributed by atoms with Crippen LogP contribution in [-0.4, -0.2) is 48.3 Å². The Morgan fingerprint density at radius 2 is 2.14 bits per heavy atom. The van der Waals surface area contributed by atoms with E-state index < -0.39 is 0 Å². The van der Waals surface area contributed by atoms with Crippen molar-refractivity contribution in [3.63, 3.8) is 0 Å². The Balaban J connectivity index is 2.11. The Morgan fingerprint density at radius 3 is 2.81 bits per heavy atom. The largest absolute Gasteiger partial charge is 0.378 e. The first-order valence-corrected chi connectivity index (χ1v) is 7.45. The number of halogens is 2. The highest BCUT2D eigenvalue weighted by Crippen LogP contribution is 2.25. The van der Waals surface area contributed by atoms with Crippen LogP contribution in [0.2, 0.25) is 0 Å². The zero-order valence-corrected chi connectivity index (χ0v) is 13.4. The van der Waals surface area contributed by atoms with Crippen LogP contribution < -0.4 is 0 Å². The van der Waals surface area contributed by atoms with Crippen LogP contribution in [0.15, 0.2) is 18.2 Å². The van der Waals surface area contributed by atoms with Crippen LogP contribution in [0.1, 0.15) is 18.1 Å². The monoisotopic (exact) mass is 313 g/mol. The third-order valence-corrected chi connectivity index (χ3v) is 3.43. The van der Waals surface area contributed by atoms with Gasteiger partial charge in [0.2, 0.25) is 0 Å². The number of fused-ring (bicyclic) bond motifs is 1. The SMILES string of the molecule is CC(Cl)c1nc2cc(F)ccc2n1CCOCCN(C)C. The number of alkyl halides is 1. The average molecular weight is 314 g/mol. The molecule has 116 valence electrons. The topological polar surface area (TPSA) is 30.3 Å². The molecule has 2 aromatic rings. The van der Waals surface area contributed by atoms with Crippen molar-refractivity contribution in [2.75, 3.05) is 33.9 Å². The highest BCUT2D eigenvalue weighted by Gasteiger charge is 2.15. The number of imidazole rings is 1. The van der Waals surface area contributed by atoms with Crippen LogP contribution in [-0.2, 0) is 11.3 Å². The van der Waals surface area contributed by atoms with Gasteiger partial charge in [-0.1, -0.05) is 0 Å². The van der Waals surface area contributed by atoms with E-state index in [-0.39, 0.29) is 11.2 Å². The molecule has 0 bridgehead atoms. The fourth-order valence-electron chi connectivity index (χ4n) is 2.17. The minimum Gasteiger partial charge on any atom is -0.378 e. The molecular formula is C15H21ClFN3O. The van der Waals surface area contributed by atoms with E-state index in [0.29, 0.717) is 25.3 Å². The summed E-state index contributed by atoms with van der Waals surface area (Å²) in [4.78, 5) is 6.50. The van der Waals surface area contributed by atoms with Crippen LogP contribution in [0.4, 0.5) is 4.39 Å². The molecule has 0 saturated carbocycles. The summed E-state index contributed by atoms with van der Waals surface area (Å²) in [5.41, 5.74) is 1.51. The summed E-state index contributed by atoms with van der Waals surface area (Å²) >= 11 is 6.18. The van der Waals surface area contributed by atoms with Gasteiger partial charge >= 0.3 is 0 Å². The normalized spacial score (nSPS) is 13.2. The molecule has 0 aliphatic carbocycles. The summed E-state index contributed by atoms with van der Waals surface area (Å²) in [6, 6.07) is 4.61. The summed E-state index contributed by atoms with van der Waals surface area (Å²) in [7, 11) is 4.02. The van der Waals surface area contributed by atoms with Gasteiger partial charge in [-0.3, -0.25) is 0 Å². The number of hydrogen-bond donors (Lipinski definition) is 0. The molecule has 0 radical (unpaired) electrons. The molecular weight excluding hydrogens is 293 g/mol. The van der Waals surface area contributed by atoms with Crippen molar-refractivity contribution in [2.24, 2.45) is 0 Å². The van der Waals surface area contributed by atoms with Gasteiger partial charge in [0, 0.05) is 19.2 Å². The van der Waals surface area contributed by atoms with E-state index in [2.05, 4.69) is 9.88 Å². The maximum atomic E-state index is 13.3. The number of benzene rings is 1. The zero-order valence-electron chi connectivity index (χ0n) is 12.6. The van der Waals surface area contributed by atoms with E-state index in [4.69, 9.17) is 16.3 Å². The van der Waals surface area contributed by atoms with Crippen LogP contribution in [0, 0.1) is 5.82 Å². The second-order valence-electron chi connectivity index (χ2n) is 5.29. The van der Waals surface area contributed by atoms with Crippen molar-refractivity contribution in [3.8, 4) is 0 Å². The Kier molecular flexibility index (Phi) is 5.56. The molecule has 4 nitrogen and oxygen atoms in total. The fourth-order valence-corrected chi connectivity index (χ4v) is 2.33. The fraction of sp³-hybridized carbons (Fsp3) is 0.533. The van der Waals surface area contributed by atoms with E-state index >= 15 is 0 Å². The van der Waals surface area contributed by atoms with Gasteiger partial charge in [-0.15, -0.1) is 11.6 Å². The van der Waals surface area contributed by atoms with Crippen LogP contribution in [0.5, 0.6) is 0 Å². The zero-order chi connectivity index (χ0) is 15.4. The first-order valence-electron chi connectivity index (χ1n) is 7.01. The quantitative estimate of drug-likeness (QED) is 0.581. The lowest BCUT2D eigenvalue weighted by Crippen LogP contribution is -2.19. The maximum absolute atomic E-state index is 13.3. The van der Waals surface area contributed by atoms with Gasteiger partial charge in [0.05, 0.1) is 29.6 Å². The van der Waals surface area contributed by atoms with Gasteiger partial charge in [0.1, 0.15) is 11.6 Å². The molecule has 1 unspecified atom stereocenters. The third kappa shape index (κ3) is 4.15. The second-order valence-corrected chi connectivity index (χ2v) is 5.94. The Bertz CT molecular complexity index is 598. The van der Waals surface area contributed by atoms with Crippen molar-refractivity contribution in [1.29, 1.82) is 0 Å². The molecule has 1 aromatic heterocycles. The van der Waals surface area contributed by atoms with Crippen molar-refractivity contribution < 1.29 is 9.13 Å². The minimum atomic E-state index is -0.289. The molecule has 2 rings (SSSR count). The molecule has 0 aliphatic heterocycles. The number of rotatable bonds is 7. The summed E-state index contributed by atoms with van der Waals surface area (Å²) in [6.45, 7) is 4.66. The van der Waals surface area contributed by atoms with Gasteiger partial charge in [0.25, 0.3) is 0 Å². The number of nitrogens with zero attached hydrogens (tertiary/aromatic N) is 3. The lowest BCUT2D eigenvalue weighted by atomic mass is 10.3. The number of ether oxygens (including phenoxy) is 1. The third-order valence-electron chi connectivity index (χ3n) is 3.24. The molecule has 0 amide bonds. The predicted molar refractivity (Wildman–Crippen MR) is 83.3 cm³/mol. The van der Waals surface area contributed by atoms with Gasteiger partial charge in [0.15, 0.2) is 0 Å². The molecule has 0 N–H and O–H groups in total. The molecule has 6 heteroatoms. The predicted octanol–water partition coefficient (Wildman–Crippen LogP) is 3.05. The van der Waals surface area contributed by atoms with Crippen LogP contribution in [0.25, 0.3) is 11.0 Å². The Labute approximate surface area is 129 Å². The Morgan fingerprint density at radius 1 is 1.38 bits per heavy atom. The number of hydrogen-bond acceptors (Lipinski definition) is 3. The molecule has 1 heterocycles. The molecule has 0 aliphatic rings. The van der Waals surface area contributed by atoms with E-state index in [1.165, 1.54) is 12.1 Å². The highest BCUT2D eigenvalue weighted by atomic mass is 35.5. The van der Waals surface area contributed by atoms with Crippen molar-refractivity contribution in [2.45, 2.75) is 18.8 Å². The van der Waals surface area contributed by atoms with E-state index in [0.717, 1.165) is 17.9 Å². The van der Waals surface area contributed by atoms with Crippen LogP contribution >= 0.6 is 11.6 Å². The van der Waals surface area contributed by atoms with Crippen molar-refractivity contribution in [3.05, 3.63) is 29.8 Å².